The molecule has 5 nitrogen and oxygen atoms in total. The van der Waals surface area contributed by atoms with Crippen molar-refractivity contribution >= 4 is 17.3 Å². The van der Waals surface area contributed by atoms with Crippen molar-refractivity contribution in [1.82, 2.24) is 10.3 Å². The Balaban J connectivity index is 1.95. The number of aliphatic carboxylic acids is 1. The number of aromatic nitrogens is 1. The number of carbonyl (C=O) groups is 1. The molecule has 0 radical (unpaired) electrons. The number of carboxylic acids is 1. The van der Waals surface area contributed by atoms with Crippen LogP contribution in [-0.2, 0) is 11.3 Å². The Morgan fingerprint density at radius 1 is 1.63 bits per heavy atom. The second-order valence-electron chi connectivity index (χ2n) is 4.22. The molecule has 0 bridgehead atoms. The van der Waals surface area contributed by atoms with Crippen molar-refractivity contribution in [3.05, 3.63) is 29.7 Å². The predicted molar refractivity (Wildman–Crippen MR) is 73.0 cm³/mol. The number of hydrogen-bond donors (Lipinski definition) is 2. The number of furan rings is 1. The average molecular weight is 280 g/mol. The van der Waals surface area contributed by atoms with Crippen LogP contribution in [0.5, 0.6) is 0 Å². The van der Waals surface area contributed by atoms with Gasteiger partial charge < -0.3 is 9.52 Å². The van der Waals surface area contributed by atoms with Gasteiger partial charge in [0.15, 0.2) is 0 Å². The van der Waals surface area contributed by atoms with E-state index in [-0.39, 0.29) is 0 Å². The number of nitrogens with zero attached hydrogens (tertiary/aromatic N) is 1. The first kappa shape index (κ1) is 13.8. The maximum atomic E-state index is 11.0. The Bertz CT molecular complexity index is 522. The normalized spacial score (nSPS) is 12.5. The van der Waals surface area contributed by atoms with Gasteiger partial charge in [-0.3, -0.25) is 10.1 Å². The van der Waals surface area contributed by atoms with E-state index in [1.165, 1.54) is 11.3 Å². The van der Waals surface area contributed by atoms with Crippen molar-refractivity contribution in [2.45, 2.75) is 32.4 Å². The van der Waals surface area contributed by atoms with Crippen molar-refractivity contribution in [2.75, 3.05) is 0 Å². The predicted octanol–water partition coefficient (Wildman–Crippen LogP) is 2.75. The Labute approximate surface area is 115 Å². The van der Waals surface area contributed by atoms with Crippen LogP contribution in [0.4, 0.5) is 0 Å². The molecule has 0 fully saturated rings. The molecule has 2 aromatic heterocycles. The van der Waals surface area contributed by atoms with Gasteiger partial charge >= 0.3 is 5.97 Å². The molecule has 0 saturated heterocycles. The molecule has 2 heterocycles. The van der Waals surface area contributed by atoms with E-state index in [2.05, 4.69) is 10.3 Å². The van der Waals surface area contributed by atoms with Gasteiger partial charge in [0.05, 0.1) is 12.0 Å². The van der Waals surface area contributed by atoms with Crippen LogP contribution in [0, 0.1) is 0 Å². The summed E-state index contributed by atoms with van der Waals surface area (Å²) in [4.78, 5) is 15.5. The first-order valence-corrected chi connectivity index (χ1v) is 7.01. The van der Waals surface area contributed by atoms with Crippen molar-refractivity contribution in [3.63, 3.8) is 0 Å². The van der Waals surface area contributed by atoms with Gasteiger partial charge in [0.2, 0.25) is 0 Å². The standard InChI is InChI=1S/C13H16N2O3S/c1-2-3-11(13(16)17)14-6-10-8-19-12(15-10)9-4-5-18-7-9/h4-5,7-8,11,14H,2-3,6H2,1H3,(H,16,17). The fraction of sp³-hybridized carbons (Fsp3) is 0.385. The highest BCUT2D eigenvalue weighted by atomic mass is 32.1. The minimum atomic E-state index is -0.813. The molecular weight excluding hydrogens is 264 g/mol. The van der Waals surface area contributed by atoms with Crippen LogP contribution in [0.15, 0.2) is 28.4 Å². The molecule has 2 aromatic rings. The number of thiazole rings is 1. The van der Waals surface area contributed by atoms with Gasteiger partial charge in [-0.25, -0.2) is 4.98 Å². The first-order chi connectivity index (χ1) is 9.20. The van der Waals surface area contributed by atoms with Gasteiger partial charge in [-0.2, -0.15) is 0 Å². The van der Waals surface area contributed by atoms with Crippen LogP contribution >= 0.6 is 11.3 Å². The zero-order valence-electron chi connectivity index (χ0n) is 10.6. The fourth-order valence-electron chi connectivity index (χ4n) is 1.74. The summed E-state index contributed by atoms with van der Waals surface area (Å²) in [6.45, 7) is 2.43. The highest BCUT2D eigenvalue weighted by Gasteiger charge is 2.16. The van der Waals surface area contributed by atoms with E-state index in [0.29, 0.717) is 13.0 Å². The van der Waals surface area contributed by atoms with Crippen molar-refractivity contribution in [2.24, 2.45) is 0 Å². The van der Waals surface area contributed by atoms with Gasteiger partial charge in [0.1, 0.15) is 17.3 Å². The third kappa shape index (κ3) is 3.65. The molecule has 1 atom stereocenters. The molecule has 19 heavy (non-hydrogen) atoms. The summed E-state index contributed by atoms with van der Waals surface area (Å²) in [5, 5.41) is 14.9. The number of carboxylic acid groups (broad SMARTS) is 1. The van der Waals surface area contributed by atoms with E-state index in [1.807, 2.05) is 18.4 Å². The largest absolute Gasteiger partial charge is 0.480 e. The molecule has 2 rings (SSSR count). The maximum absolute atomic E-state index is 11.0. The molecule has 0 aliphatic rings. The van der Waals surface area contributed by atoms with Crippen molar-refractivity contribution in [1.29, 1.82) is 0 Å². The summed E-state index contributed by atoms with van der Waals surface area (Å²) >= 11 is 1.52. The summed E-state index contributed by atoms with van der Waals surface area (Å²) in [5.41, 5.74) is 1.79. The molecule has 0 aliphatic carbocycles. The van der Waals surface area contributed by atoms with Gasteiger partial charge in [-0.15, -0.1) is 11.3 Å². The zero-order chi connectivity index (χ0) is 13.7. The molecule has 1 unspecified atom stereocenters. The summed E-state index contributed by atoms with van der Waals surface area (Å²) in [7, 11) is 0. The molecule has 2 N–H and O–H groups in total. The molecular formula is C13H16N2O3S. The molecule has 102 valence electrons. The SMILES string of the molecule is CCCC(NCc1csc(-c2ccoc2)n1)C(=O)O. The number of nitrogens with one attached hydrogen (secondary N) is 1. The Kier molecular flexibility index (Phi) is 4.70. The lowest BCUT2D eigenvalue weighted by molar-refractivity contribution is -0.139. The highest BCUT2D eigenvalue weighted by molar-refractivity contribution is 7.13. The van der Waals surface area contributed by atoms with Crippen LogP contribution in [0.2, 0.25) is 0 Å². The third-order valence-electron chi connectivity index (χ3n) is 2.72. The van der Waals surface area contributed by atoms with Gasteiger partial charge in [-0.1, -0.05) is 13.3 Å². The van der Waals surface area contributed by atoms with Crippen LogP contribution in [0.25, 0.3) is 10.6 Å². The lowest BCUT2D eigenvalue weighted by atomic mass is 10.1. The summed E-state index contributed by atoms with van der Waals surface area (Å²) in [6.07, 6.45) is 4.71. The van der Waals surface area contributed by atoms with Crippen LogP contribution in [0.1, 0.15) is 25.5 Å². The highest BCUT2D eigenvalue weighted by Crippen LogP contribution is 2.23. The van der Waals surface area contributed by atoms with E-state index < -0.39 is 12.0 Å². The second kappa shape index (κ2) is 6.49. The van der Waals surface area contributed by atoms with E-state index in [4.69, 9.17) is 9.52 Å². The third-order valence-corrected chi connectivity index (χ3v) is 3.67. The molecule has 0 saturated carbocycles. The van der Waals surface area contributed by atoms with Gasteiger partial charge in [0.25, 0.3) is 0 Å². The van der Waals surface area contributed by atoms with E-state index in [9.17, 15) is 4.79 Å². The van der Waals surface area contributed by atoms with E-state index in [0.717, 1.165) is 22.7 Å². The van der Waals surface area contributed by atoms with Crippen LogP contribution in [-0.4, -0.2) is 22.1 Å². The quantitative estimate of drug-likeness (QED) is 0.815. The Morgan fingerprint density at radius 3 is 3.11 bits per heavy atom. The Morgan fingerprint density at radius 2 is 2.47 bits per heavy atom. The Hall–Kier alpha value is -1.66. The number of hydrogen-bond acceptors (Lipinski definition) is 5. The summed E-state index contributed by atoms with van der Waals surface area (Å²) < 4.78 is 5.01. The fourth-order valence-corrected chi connectivity index (χ4v) is 2.54. The second-order valence-corrected chi connectivity index (χ2v) is 5.07. The molecule has 0 amide bonds. The molecule has 0 aromatic carbocycles. The lowest BCUT2D eigenvalue weighted by Gasteiger charge is -2.11. The average Bonchev–Trinajstić information content (AvgIpc) is 3.04. The molecule has 0 spiro atoms. The molecule has 6 heteroatoms. The first-order valence-electron chi connectivity index (χ1n) is 6.14. The molecule has 0 aliphatic heterocycles. The van der Waals surface area contributed by atoms with Gasteiger partial charge in [0, 0.05) is 17.5 Å². The smallest absolute Gasteiger partial charge is 0.320 e. The monoisotopic (exact) mass is 280 g/mol. The van der Waals surface area contributed by atoms with Gasteiger partial charge in [-0.05, 0) is 12.5 Å². The van der Waals surface area contributed by atoms with Crippen molar-refractivity contribution in [3.8, 4) is 10.6 Å². The van der Waals surface area contributed by atoms with Crippen molar-refractivity contribution < 1.29 is 14.3 Å². The van der Waals surface area contributed by atoms with Crippen LogP contribution in [0.3, 0.4) is 0 Å². The minimum Gasteiger partial charge on any atom is -0.480 e. The minimum absolute atomic E-state index is 0.464. The van der Waals surface area contributed by atoms with Crippen LogP contribution < -0.4 is 5.32 Å². The van der Waals surface area contributed by atoms with E-state index in [1.54, 1.807) is 12.5 Å². The number of rotatable bonds is 7. The van der Waals surface area contributed by atoms with E-state index >= 15 is 0 Å². The zero-order valence-corrected chi connectivity index (χ0v) is 11.4. The lowest BCUT2D eigenvalue weighted by Crippen LogP contribution is -2.36. The summed E-state index contributed by atoms with van der Waals surface area (Å²) in [6, 6.07) is 1.34. The summed E-state index contributed by atoms with van der Waals surface area (Å²) in [5.74, 6) is -0.813. The maximum Gasteiger partial charge on any atom is 0.320 e. The topological polar surface area (TPSA) is 75.4 Å².